The van der Waals surface area contributed by atoms with E-state index >= 15 is 0 Å². The monoisotopic (exact) mass is 353 g/mol. The average Bonchev–Trinajstić information content (AvgIpc) is 3.21. The lowest BCUT2D eigenvalue weighted by Crippen LogP contribution is -2.32. The van der Waals surface area contributed by atoms with E-state index in [-0.39, 0.29) is 29.1 Å². The number of hydrogen-bond donors (Lipinski definition) is 1. The van der Waals surface area contributed by atoms with Crippen LogP contribution in [0.15, 0.2) is 28.9 Å². The third-order valence-electron chi connectivity index (χ3n) is 3.57. The molecule has 0 unspecified atom stereocenters. The number of halogens is 3. The second-order valence-corrected chi connectivity index (χ2v) is 5.43. The molecule has 0 bridgehead atoms. The van der Waals surface area contributed by atoms with Gasteiger partial charge in [0, 0.05) is 6.04 Å². The number of aromatic nitrogens is 4. The van der Waals surface area contributed by atoms with E-state index in [2.05, 4.69) is 20.4 Å². The summed E-state index contributed by atoms with van der Waals surface area (Å²) in [4.78, 5) is 19.9. The Morgan fingerprint density at radius 3 is 2.76 bits per heavy atom. The van der Waals surface area contributed by atoms with Gasteiger partial charge in [0.15, 0.2) is 11.5 Å². The zero-order chi connectivity index (χ0) is 18.2. The fraction of sp³-hybridized carbons (Fsp3) is 0.333. The molecule has 0 radical (unpaired) electrons. The van der Waals surface area contributed by atoms with Gasteiger partial charge >= 0.3 is 6.18 Å². The van der Waals surface area contributed by atoms with E-state index in [0.29, 0.717) is 10.9 Å². The molecule has 1 N–H and O–H groups in total. The van der Waals surface area contributed by atoms with Crippen molar-refractivity contribution in [3.63, 3.8) is 0 Å². The molecule has 10 heteroatoms. The topological polar surface area (TPSA) is 85.3 Å². The molecule has 1 amide bonds. The van der Waals surface area contributed by atoms with E-state index in [1.54, 1.807) is 6.92 Å². The number of hydrogen-bond acceptors (Lipinski definition) is 5. The molecule has 0 spiro atoms. The number of alkyl halides is 3. The maximum atomic E-state index is 13.4. The highest BCUT2D eigenvalue weighted by atomic mass is 19.4. The Morgan fingerprint density at radius 2 is 2.16 bits per heavy atom. The van der Waals surface area contributed by atoms with Crippen LogP contribution < -0.4 is 5.32 Å². The fourth-order valence-corrected chi connectivity index (χ4v) is 2.11. The standard InChI is InChI=1S/C15H14F3N5O2/c1-3-8(2)19-13(24)12-21-14-20-9(10-5-4-6-25-10)7-11(15(16,17)18)23(14)22-12/h4-8H,3H2,1-2H3,(H,19,24)/t8-/m0/s1. The van der Waals surface area contributed by atoms with Crippen molar-refractivity contribution in [2.24, 2.45) is 0 Å². The van der Waals surface area contributed by atoms with Crippen LogP contribution in [0, 0.1) is 0 Å². The number of carbonyl (C=O) groups is 1. The lowest BCUT2D eigenvalue weighted by molar-refractivity contribution is -0.142. The number of nitrogens with one attached hydrogen (secondary N) is 1. The zero-order valence-electron chi connectivity index (χ0n) is 13.3. The van der Waals surface area contributed by atoms with Crippen LogP contribution >= 0.6 is 0 Å². The molecule has 25 heavy (non-hydrogen) atoms. The third-order valence-corrected chi connectivity index (χ3v) is 3.57. The van der Waals surface area contributed by atoms with Crippen LogP contribution in [0.4, 0.5) is 13.2 Å². The Hall–Kier alpha value is -2.91. The summed E-state index contributed by atoms with van der Waals surface area (Å²) in [6, 6.07) is 3.65. The van der Waals surface area contributed by atoms with Crippen molar-refractivity contribution in [2.75, 3.05) is 0 Å². The molecule has 0 fully saturated rings. The van der Waals surface area contributed by atoms with E-state index in [1.165, 1.54) is 18.4 Å². The minimum absolute atomic E-state index is 0.0499. The normalized spacial score (nSPS) is 13.2. The van der Waals surface area contributed by atoms with Gasteiger partial charge in [0.05, 0.1) is 6.26 Å². The molecule has 0 aliphatic rings. The van der Waals surface area contributed by atoms with Crippen molar-refractivity contribution in [1.29, 1.82) is 0 Å². The first-order valence-corrected chi connectivity index (χ1v) is 7.49. The first-order valence-electron chi connectivity index (χ1n) is 7.49. The summed E-state index contributed by atoms with van der Waals surface area (Å²) in [6.45, 7) is 3.63. The SMILES string of the molecule is CC[C@H](C)NC(=O)c1nc2nc(-c3ccco3)cc(C(F)(F)F)n2n1. The summed E-state index contributed by atoms with van der Waals surface area (Å²) in [6.07, 6.45) is -2.72. The first kappa shape index (κ1) is 16.9. The Kier molecular flexibility index (Phi) is 4.19. The summed E-state index contributed by atoms with van der Waals surface area (Å²) in [5.74, 6) is -1.22. The van der Waals surface area contributed by atoms with Gasteiger partial charge in [-0.15, -0.1) is 5.10 Å². The van der Waals surface area contributed by atoms with Crippen molar-refractivity contribution in [2.45, 2.75) is 32.5 Å². The summed E-state index contributed by atoms with van der Waals surface area (Å²) >= 11 is 0. The highest BCUT2D eigenvalue weighted by molar-refractivity contribution is 5.91. The van der Waals surface area contributed by atoms with Crippen LogP contribution in [0.3, 0.4) is 0 Å². The van der Waals surface area contributed by atoms with E-state index in [1.807, 2.05) is 6.92 Å². The Balaban J connectivity index is 2.12. The molecule has 1 atom stereocenters. The van der Waals surface area contributed by atoms with Crippen molar-refractivity contribution in [3.05, 3.63) is 36.0 Å². The van der Waals surface area contributed by atoms with Crippen LogP contribution in [0.25, 0.3) is 17.2 Å². The molecule has 3 heterocycles. The van der Waals surface area contributed by atoms with Crippen molar-refractivity contribution in [3.8, 4) is 11.5 Å². The van der Waals surface area contributed by atoms with Crippen LogP contribution in [-0.2, 0) is 6.18 Å². The second kappa shape index (κ2) is 6.19. The minimum Gasteiger partial charge on any atom is -0.463 e. The number of fused-ring (bicyclic) bond motifs is 1. The molecular weight excluding hydrogens is 339 g/mol. The summed E-state index contributed by atoms with van der Waals surface area (Å²) in [5.41, 5.74) is -1.15. The van der Waals surface area contributed by atoms with Gasteiger partial charge in [-0.05, 0) is 31.5 Å². The fourth-order valence-electron chi connectivity index (χ4n) is 2.11. The van der Waals surface area contributed by atoms with Crippen LogP contribution in [0.2, 0.25) is 0 Å². The summed E-state index contributed by atoms with van der Waals surface area (Å²) in [7, 11) is 0. The predicted octanol–water partition coefficient (Wildman–Crippen LogP) is 2.93. The second-order valence-electron chi connectivity index (χ2n) is 5.43. The number of carbonyl (C=O) groups excluding carboxylic acids is 1. The molecule has 132 valence electrons. The third kappa shape index (κ3) is 3.32. The number of rotatable bonds is 4. The number of furan rings is 1. The summed E-state index contributed by atoms with van der Waals surface area (Å²) < 4.78 is 45.7. The van der Waals surface area contributed by atoms with Gasteiger partial charge in [-0.1, -0.05) is 6.92 Å². The van der Waals surface area contributed by atoms with E-state index in [4.69, 9.17) is 4.42 Å². The largest absolute Gasteiger partial charge is 0.463 e. The van der Waals surface area contributed by atoms with Crippen molar-refractivity contribution >= 4 is 11.7 Å². The van der Waals surface area contributed by atoms with Gasteiger partial charge < -0.3 is 9.73 Å². The van der Waals surface area contributed by atoms with E-state index in [9.17, 15) is 18.0 Å². The van der Waals surface area contributed by atoms with E-state index < -0.39 is 17.8 Å². The maximum Gasteiger partial charge on any atom is 0.433 e. The molecule has 0 aliphatic carbocycles. The molecule has 3 aromatic heterocycles. The Labute approximate surface area is 139 Å². The summed E-state index contributed by atoms with van der Waals surface area (Å²) in [5, 5.41) is 6.27. The Morgan fingerprint density at radius 1 is 1.40 bits per heavy atom. The highest BCUT2D eigenvalue weighted by Crippen LogP contribution is 2.31. The molecule has 0 saturated heterocycles. The average molecular weight is 353 g/mol. The minimum atomic E-state index is -4.71. The van der Waals surface area contributed by atoms with Gasteiger partial charge in [0.1, 0.15) is 5.69 Å². The van der Waals surface area contributed by atoms with Crippen molar-refractivity contribution in [1.82, 2.24) is 24.9 Å². The predicted molar refractivity (Wildman–Crippen MR) is 80.7 cm³/mol. The quantitative estimate of drug-likeness (QED) is 0.779. The lowest BCUT2D eigenvalue weighted by Gasteiger charge is -2.09. The van der Waals surface area contributed by atoms with Crippen LogP contribution in [0.5, 0.6) is 0 Å². The highest BCUT2D eigenvalue weighted by Gasteiger charge is 2.36. The van der Waals surface area contributed by atoms with Crippen LogP contribution in [0.1, 0.15) is 36.6 Å². The smallest absolute Gasteiger partial charge is 0.433 e. The van der Waals surface area contributed by atoms with E-state index in [0.717, 1.165) is 6.07 Å². The molecule has 0 aromatic carbocycles. The van der Waals surface area contributed by atoms with Crippen molar-refractivity contribution < 1.29 is 22.4 Å². The van der Waals surface area contributed by atoms with Crippen LogP contribution in [-0.4, -0.2) is 31.5 Å². The molecular formula is C15H14F3N5O2. The first-order chi connectivity index (χ1) is 11.8. The zero-order valence-corrected chi connectivity index (χ0v) is 13.3. The van der Waals surface area contributed by atoms with Gasteiger partial charge in [0.2, 0.25) is 5.82 Å². The molecule has 3 aromatic rings. The maximum absolute atomic E-state index is 13.4. The lowest BCUT2D eigenvalue weighted by atomic mass is 10.2. The number of nitrogens with zero attached hydrogens (tertiary/aromatic N) is 4. The molecule has 0 aliphatic heterocycles. The Bertz CT molecular complexity index is 902. The van der Waals surface area contributed by atoms with Gasteiger partial charge in [0.25, 0.3) is 11.7 Å². The molecule has 7 nitrogen and oxygen atoms in total. The van der Waals surface area contributed by atoms with Gasteiger partial charge in [-0.2, -0.15) is 22.7 Å². The molecule has 0 saturated carbocycles. The number of amides is 1. The molecule has 3 rings (SSSR count). The van der Waals surface area contributed by atoms with Gasteiger partial charge in [-0.25, -0.2) is 4.98 Å². The van der Waals surface area contributed by atoms with Gasteiger partial charge in [-0.3, -0.25) is 4.79 Å².